The van der Waals surface area contributed by atoms with Crippen LogP contribution in [0.2, 0.25) is 5.02 Å². The molecule has 3 aromatic rings. The number of aromatic nitrogens is 2. The molecule has 8 heteroatoms. The standard InChI is InChI=1S/C23H19ClN4O3/c1-28-9-8-16(27-28)13-31-17-4-2-15(3-5-17)19-10-14(12-25)11-20(22(19)24)18-6-7-21(29)26-23(18)30/h2-5,8-11,18H,6-7,13H2,1H3,(H,26,29,30). The van der Waals surface area contributed by atoms with Gasteiger partial charge in [0.1, 0.15) is 12.4 Å². The van der Waals surface area contributed by atoms with E-state index in [9.17, 15) is 14.9 Å². The topological polar surface area (TPSA) is 97.0 Å². The molecule has 1 fully saturated rings. The first-order valence-corrected chi connectivity index (χ1v) is 10.1. The van der Waals surface area contributed by atoms with Crippen molar-refractivity contribution in [1.82, 2.24) is 15.1 Å². The second-order valence-electron chi connectivity index (χ2n) is 7.34. The number of ether oxygens (including phenoxy) is 1. The van der Waals surface area contributed by atoms with Gasteiger partial charge in [-0.2, -0.15) is 10.4 Å². The number of carbonyl (C=O) groups is 2. The zero-order valence-electron chi connectivity index (χ0n) is 16.8. The Morgan fingerprint density at radius 3 is 2.68 bits per heavy atom. The van der Waals surface area contributed by atoms with E-state index in [0.717, 1.165) is 11.3 Å². The van der Waals surface area contributed by atoms with Crippen LogP contribution in [0.3, 0.4) is 0 Å². The minimum Gasteiger partial charge on any atom is -0.487 e. The van der Waals surface area contributed by atoms with E-state index in [1.54, 1.807) is 16.8 Å². The van der Waals surface area contributed by atoms with Gasteiger partial charge in [0.05, 0.1) is 28.3 Å². The molecule has 2 aromatic carbocycles. The number of hydrogen-bond acceptors (Lipinski definition) is 5. The zero-order valence-corrected chi connectivity index (χ0v) is 17.5. The van der Waals surface area contributed by atoms with E-state index in [4.69, 9.17) is 16.3 Å². The lowest BCUT2D eigenvalue weighted by molar-refractivity contribution is -0.134. The molecule has 2 heterocycles. The molecular weight excluding hydrogens is 416 g/mol. The molecule has 31 heavy (non-hydrogen) atoms. The number of rotatable bonds is 5. The number of imide groups is 1. The number of nitrogens with zero attached hydrogens (tertiary/aromatic N) is 3. The molecule has 1 aliphatic rings. The number of aryl methyl sites for hydroxylation is 1. The Morgan fingerprint density at radius 2 is 2.03 bits per heavy atom. The number of halogens is 1. The average molecular weight is 435 g/mol. The van der Waals surface area contributed by atoms with E-state index >= 15 is 0 Å². The Balaban J connectivity index is 1.60. The molecular formula is C23H19ClN4O3. The Hall–Kier alpha value is -3.63. The van der Waals surface area contributed by atoms with Crippen LogP contribution >= 0.6 is 11.6 Å². The molecule has 4 rings (SSSR count). The van der Waals surface area contributed by atoms with E-state index in [1.807, 2.05) is 43.6 Å². The third-order valence-corrected chi connectivity index (χ3v) is 5.59. The Bertz CT molecular complexity index is 1190. The maximum absolute atomic E-state index is 12.3. The van der Waals surface area contributed by atoms with Gasteiger partial charge in [0.25, 0.3) is 0 Å². The summed E-state index contributed by atoms with van der Waals surface area (Å²) < 4.78 is 7.48. The van der Waals surface area contributed by atoms with E-state index in [2.05, 4.69) is 16.5 Å². The summed E-state index contributed by atoms with van der Waals surface area (Å²) in [4.78, 5) is 23.8. The van der Waals surface area contributed by atoms with Crippen LogP contribution in [-0.2, 0) is 23.2 Å². The quantitative estimate of drug-likeness (QED) is 0.617. The summed E-state index contributed by atoms with van der Waals surface area (Å²) >= 11 is 6.67. The van der Waals surface area contributed by atoms with Crippen molar-refractivity contribution < 1.29 is 14.3 Å². The van der Waals surface area contributed by atoms with Gasteiger partial charge >= 0.3 is 0 Å². The van der Waals surface area contributed by atoms with Crippen LogP contribution in [0.1, 0.15) is 35.6 Å². The van der Waals surface area contributed by atoms with Crippen LogP contribution in [-0.4, -0.2) is 21.6 Å². The van der Waals surface area contributed by atoms with Crippen LogP contribution in [0.15, 0.2) is 48.7 Å². The molecule has 2 amide bonds. The van der Waals surface area contributed by atoms with Crippen molar-refractivity contribution in [3.8, 4) is 22.9 Å². The van der Waals surface area contributed by atoms with Gasteiger partial charge in [-0.3, -0.25) is 19.6 Å². The Labute approximate surface area is 184 Å². The van der Waals surface area contributed by atoms with Crippen molar-refractivity contribution >= 4 is 23.4 Å². The molecule has 0 aliphatic carbocycles. The molecule has 1 unspecified atom stereocenters. The first kappa shape index (κ1) is 20.6. The van der Waals surface area contributed by atoms with Crippen LogP contribution in [0, 0.1) is 11.3 Å². The molecule has 0 bridgehead atoms. The fraction of sp³-hybridized carbons (Fsp3) is 0.217. The number of amides is 2. The highest BCUT2D eigenvalue weighted by atomic mass is 35.5. The number of benzene rings is 2. The molecule has 1 saturated heterocycles. The van der Waals surface area contributed by atoms with E-state index in [-0.39, 0.29) is 12.3 Å². The van der Waals surface area contributed by atoms with Gasteiger partial charge < -0.3 is 4.74 Å². The lowest BCUT2D eigenvalue weighted by Gasteiger charge is -2.23. The number of nitriles is 1. The molecule has 7 nitrogen and oxygen atoms in total. The minimum atomic E-state index is -0.571. The summed E-state index contributed by atoms with van der Waals surface area (Å²) in [5.41, 5.74) is 3.22. The van der Waals surface area contributed by atoms with Crippen molar-refractivity contribution in [2.24, 2.45) is 7.05 Å². The lowest BCUT2D eigenvalue weighted by atomic mass is 9.87. The second kappa shape index (κ2) is 8.62. The zero-order chi connectivity index (χ0) is 22.0. The van der Waals surface area contributed by atoms with Crippen molar-refractivity contribution in [1.29, 1.82) is 5.26 Å². The van der Waals surface area contributed by atoms with E-state index in [0.29, 0.717) is 40.5 Å². The summed E-state index contributed by atoms with van der Waals surface area (Å²) in [6.45, 7) is 0.352. The van der Waals surface area contributed by atoms with Crippen LogP contribution in [0.25, 0.3) is 11.1 Å². The maximum Gasteiger partial charge on any atom is 0.234 e. The minimum absolute atomic E-state index is 0.237. The summed E-state index contributed by atoms with van der Waals surface area (Å²) in [6, 6.07) is 14.7. The van der Waals surface area contributed by atoms with Gasteiger partial charge in [0.15, 0.2) is 0 Å². The second-order valence-corrected chi connectivity index (χ2v) is 7.71. The molecule has 156 valence electrons. The van der Waals surface area contributed by atoms with Gasteiger partial charge in [-0.1, -0.05) is 23.7 Å². The molecule has 1 aromatic heterocycles. The lowest BCUT2D eigenvalue weighted by Crippen LogP contribution is -2.39. The molecule has 0 saturated carbocycles. The van der Waals surface area contributed by atoms with Crippen molar-refractivity contribution in [3.63, 3.8) is 0 Å². The van der Waals surface area contributed by atoms with Crippen molar-refractivity contribution in [2.45, 2.75) is 25.4 Å². The Morgan fingerprint density at radius 1 is 1.26 bits per heavy atom. The van der Waals surface area contributed by atoms with E-state index in [1.165, 1.54) is 0 Å². The highest BCUT2D eigenvalue weighted by Gasteiger charge is 2.30. The molecule has 0 spiro atoms. The maximum atomic E-state index is 12.3. The number of piperidine rings is 1. The van der Waals surface area contributed by atoms with Gasteiger partial charge in [-0.05, 0) is 47.9 Å². The van der Waals surface area contributed by atoms with Crippen LogP contribution in [0.5, 0.6) is 5.75 Å². The van der Waals surface area contributed by atoms with Gasteiger partial charge in [-0.15, -0.1) is 0 Å². The van der Waals surface area contributed by atoms with Gasteiger partial charge in [0, 0.05) is 25.2 Å². The molecule has 0 radical (unpaired) electrons. The fourth-order valence-corrected chi connectivity index (χ4v) is 3.94. The largest absolute Gasteiger partial charge is 0.487 e. The van der Waals surface area contributed by atoms with Crippen molar-refractivity contribution in [2.75, 3.05) is 0 Å². The first-order chi connectivity index (χ1) is 14.9. The normalized spacial score (nSPS) is 16.0. The van der Waals surface area contributed by atoms with Gasteiger partial charge in [0.2, 0.25) is 11.8 Å². The number of nitrogens with one attached hydrogen (secondary N) is 1. The summed E-state index contributed by atoms with van der Waals surface area (Å²) in [7, 11) is 1.85. The third-order valence-electron chi connectivity index (χ3n) is 5.17. The van der Waals surface area contributed by atoms with E-state index < -0.39 is 11.8 Å². The van der Waals surface area contributed by atoms with Crippen LogP contribution in [0.4, 0.5) is 0 Å². The highest BCUT2D eigenvalue weighted by molar-refractivity contribution is 6.34. The average Bonchev–Trinajstić information content (AvgIpc) is 3.18. The van der Waals surface area contributed by atoms with Gasteiger partial charge in [-0.25, -0.2) is 0 Å². The monoisotopic (exact) mass is 434 g/mol. The fourth-order valence-electron chi connectivity index (χ4n) is 3.59. The predicted octanol–water partition coefficient (Wildman–Crippen LogP) is 3.71. The first-order valence-electron chi connectivity index (χ1n) is 9.73. The smallest absolute Gasteiger partial charge is 0.234 e. The highest BCUT2D eigenvalue weighted by Crippen LogP contribution is 2.38. The Kier molecular flexibility index (Phi) is 5.74. The molecule has 1 aliphatic heterocycles. The number of carbonyl (C=O) groups excluding carboxylic acids is 2. The summed E-state index contributed by atoms with van der Waals surface area (Å²) in [6.07, 6.45) is 2.45. The number of hydrogen-bond donors (Lipinski definition) is 1. The SMILES string of the molecule is Cn1ccc(COc2ccc(-c3cc(C#N)cc(C4CCC(=O)NC4=O)c3Cl)cc2)n1. The molecule has 1 atom stereocenters. The summed E-state index contributed by atoms with van der Waals surface area (Å²) in [5, 5.41) is 16.5. The predicted molar refractivity (Wildman–Crippen MR) is 114 cm³/mol. The third kappa shape index (κ3) is 4.44. The summed E-state index contributed by atoms with van der Waals surface area (Å²) in [5.74, 6) is -0.585. The van der Waals surface area contributed by atoms with Crippen molar-refractivity contribution in [3.05, 3.63) is 70.5 Å². The molecule has 1 N–H and O–H groups in total. The van der Waals surface area contributed by atoms with Crippen LogP contribution < -0.4 is 10.1 Å².